The van der Waals surface area contributed by atoms with Crippen molar-refractivity contribution < 1.29 is 14.3 Å². The van der Waals surface area contributed by atoms with Crippen molar-refractivity contribution in [3.05, 3.63) is 90.6 Å². The summed E-state index contributed by atoms with van der Waals surface area (Å²) >= 11 is 0. The van der Waals surface area contributed by atoms with Crippen LogP contribution in [0.25, 0.3) is 16.7 Å². The zero-order valence-electron chi connectivity index (χ0n) is 20.5. The molecule has 0 spiro atoms. The second-order valence-electron chi connectivity index (χ2n) is 8.78. The number of imidazole rings is 1. The fourth-order valence-corrected chi connectivity index (χ4v) is 4.99. The van der Waals surface area contributed by atoms with Crippen molar-refractivity contribution in [2.24, 2.45) is 14.1 Å². The van der Waals surface area contributed by atoms with Crippen LogP contribution in [0.15, 0.2) is 57.0 Å². The highest BCUT2D eigenvalue weighted by Crippen LogP contribution is 2.35. The highest BCUT2D eigenvalue weighted by atomic mass is 16.5. The number of hydrogen-bond donors (Lipinski definition) is 0. The van der Waals surface area contributed by atoms with Crippen LogP contribution in [0.5, 0.6) is 5.75 Å². The van der Waals surface area contributed by atoms with Crippen LogP contribution in [0, 0.1) is 0 Å². The summed E-state index contributed by atoms with van der Waals surface area (Å²) in [6, 6.07) is 10.1. The number of aromatic nitrogens is 4. The summed E-state index contributed by atoms with van der Waals surface area (Å²) in [4.78, 5) is 52.5. The van der Waals surface area contributed by atoms with Gasteiger partial charge in [0.1, 0.15) is 11.3 Å². The standard InChI is InChI=1S/C26H26N4O6/c1-5-36-24(32)19-14-29(16-7-11-21-22(13-16)28(3)25(33)27(21)2)26(34)30(23(19)31)20-10-6-15-12-17(35-4)8-9-18(15)20/h7-9,11-14,20H,5-6,10H2,1-4H3. The molecule has 2 heterocycles. The van der Waals surface area contributed by atoms with Crippen LogP contribution in [0.2, 0.25) is 0 Å². The average molecular weight is 491 g/mol. The Morgan fingerprint density at radius 3 is 2.47 bits per heavy atom. The zero-order valence-corrected chi connectivity index (χ0v) is 20.5. The summed E-state index contributed by atoms with van der Waals surface area (Å²) in [7, 11) is 4.90. The molecule has 0 N–H and O–H groups in total. The fraction of sp³-hybridized carbons (Fsp3) is 0.308. The van der Waals surface area contributed by atoms with Gasteiger partial charge in [0.25, 0.3) is 5.56 Å². The Bertz CT molecular complexity index is 1700. The van der Waals surface area contributed by atoms with Gasteiger partial charge in [-0.15, -0.1) is 0 Å². The van der Waals surface area contributed by atoms with E-state index >= 15 is 0 Å². The normalized spacial score (nSPS) is 14.7. The first-order valence-corrected chi connectivity index (χ1v) is 11.6. The van der Waals surface area contributed by atoms with Crippen molar-refractivity contribution in [2.75, 3.05) is 13.7 Å². The number of rotatable bonds is 5. The molecule has 1 atom stereocenters. The first-order valence-electron chi connectivity index (χ1n) is 11.6. The van der Waals surface area contributed by atoms with Gasteiger partial charge in [0.2, 0.25) is 0 Å². The predicted octanol–water partition coefficient (Wildman–Crippen LogP) is 1.91. The number of nitrogens with zero attached hydrogens (tertiary/aromatic N) is 4. The van der Waals surface area contributed by atoms with Crippen molar-refractivity contribution in [1.82, 2.24) is 18.3 Å². The monoisotopic (exact) mass is 490 g/mol. The second-order valence-corrected chi connectivity index (χ2v) is 8.78. The second kappa shape index (κ2) is 8.71. The smallest absolute Gasteiger partial charge is 0.345 e. The highest BCUT2D eigenvalue weighted by Gasteiger charge is 2.30. The summed E-state index contributed by atoms with van der Waals surface area (Å²) in [5.74, 6) is -0.104. The Hall–Kier alpha value is -4.34. The lowest BCUT2D eigenvalue weighted by molar-refractivity contribution is 0.0522. The molecule has 1 aliphatic carbocycles. The first-order chi connectivity index (χ1) is 17.3. The summed E-state index contributed by atoms with van der Waals surface area (Å²) in [5, 5.41) is 0. The minimum absolute atomic E-state index is 0.0849. The molecule has 2 aromatic carbocycles. The lowest BCUT2D eigenvalue weighted by Crippen LogP contribution is -2.44. The Balaban J connectivity index is 1.76. The maximum Gasteiger partial charge on any atom is 0.345 e. The van der Waals surface area contributed by atoms with Crippen LogP contribution >= 0.6 is 0 Å². The Labute approximate surface area is 205 Å². The highest BCUT2D eigenvalue weighted by molar-refractivity contribution is 5.88. The number of esters is 1. The van der Waals surface area contributed by atoms with E-state index in [1.54, 1.807) is 52.4 Å². The number of methoxy groups -OCH3 is 1. The van der Waals surface area contributed by atoms with E-state index in [0.29, 0.717) is 35.3 Å². The molecule has 0 fully saturated rings. The van der Waals surface area contributed by atoms with Gasteiger partial charge in [-0.1, -0.05) is 6.07 Å². The van der Waals surface area contributed by atoms with Gasteiger partial charge >= 0.3 is 17.3 Å². The molecule has 1 unspecified atom stereocenters. The molecule has 2 aromatic heterocycles. The fourth-order valence-electron chi connectivity index (χ4n) is 4.99. The van der Waals surface area contributed by atoms with Crippen molar-refractivity contribution >= 4 is 17.0 Å². The van der Waals surface area contributed by atoms with E-state index < -0.39 is 23.3 Å². The molecule has 0 saturated heterocycles. The van der Waals surface area contributed by atoms with E-state index in [4.69, 9.17) is 9.47 Å². The maximum absolute atomic E-state index is 13.8. The largest absolute Gasteiger partial charge is 0.497 e. The van der Waals surface area contributed by atoms with Gasteiger partial charge < -0.3 is 9.47 Å². The van der Waals surface area contributed by atoms with Crippen LogP contribution < -0.4 is 21.7 Å². The first kappa shape index (κ1) is 23.4. The number of hydrogen-bond acceptors (Lipinski definition) is 6. The van der Waals surface area contributed by atoms with Gasteiger partial charge in [-0.25, -0.2) is 14.4 Å². The summed E-state index contributed by atoms with van der Waals surface area (Å²) in [5.41, 5.74) is 1.82. The van der Waals surface area contributed by atoms with Crippen molar-refractivity contribution in [3.8, 4) is 11.4 Å². The lowest BCUT2D eigenvalue weighted by Gasteiger charge is -2.18. The third-order valence-electron chi connectivity index (χ3n) is 6.86. The van der Waals surface area contributed by atoms with Crippen molar-refractivity contribution in [3.63, 3.8) is 0 Å². The van der Waals surface area contributed by atoms with E-state index in [1.165, 1.54) is 19.9 Å². The SMILES string of the molecule is CCOC(=O)c1cn(-c2ccc3c(c2)n(C)c(=O)n3C)c(=O)n(C2CCc3cc(OC)ccc32)c1=O. The molecule has 0 aliphatic heterocycles. The Morgan fingerprint density at radius 1 is 1.00 bits per heavy atom. The molecule has 5 rings (SSSR count). The van der Waals surface area contributed by atoms with Gasteiger partial charge in [0, 0.05) is 20.3 Å². The third kappa shape index (κ3) is 3.48. The lowest BCUT2D eigenvalue weighted by atomic mass is 10.1. The molecular weight excluding hydrogens is 464 g/mol. The van der Waals surface area contributed by atoms with Gasteiger partial charge in [-0.3, -0.25) is 23.1 Å². The van der Waals surface area contributed by atoms with Gasteiger partial charge in [-0.05, 0) is 61.2 Å². The minimum atomic E-state index is -0.800. The van der Waals surface area contributed by atoms with Crippen molar-refractivity contribution in [2.45, 2.75) is 25.8 Å². The quantitative estimate of drug-likeness (QED) is 0.396. The van der Waals surface area contributed by atoms with Crippen LogP contribution in [-0.4, -0.2) is 38.0 Å². The number of aryl methyl sites for hydroxylation is 3. The molecule has 10 heteroatoms. The van der Waals surface area contributed by atoms with Gasteiger partial charge in [-0.2, -0.15) is 0 Å². The molecular formula is C26H26N4O6. The van der Waals surface area contributed by atoms with E-state index in [1.807, 2.05) is 12.1 Å². The Kier molecular flexibility index (Phi) is 5.66. The van der Waals surface area contributed by atoms with E-state index in [0.717, 1.165) is 15.7 Å². The van der Waals surface area contributed by atoms with Crippen molar-refractivity contribution in [1.29, 1.82) is 0 Å². The van der Waals surface area contributed by atoms with E-state index in [2.05, 4.69) is 0 Å². The van der Waals surface area contributed by atoms with Crippen LogP contribution in [0.3, 0.4) is 0 Å². The third-order valence-corrected chi connectivity index (χ3v) is 6.86. The van der Waals surface area contributed by atoms with E-state index in [9.17, 15) is 19.2 Å². The molecule has 4 aromatic rings. The maximum atomic E-state index is 13.8. The van der Waals surface area contributed by atoms with Crippen LogP contribution in [-0.2, 0) is 25.3 Å². The molecule has 0 amide bonds. The summed E-state index contributed by atoms with van der Waals surface area (Å²) in [6.45, 7) is 1.73. The number of fused-ring (bicyclic) bond motifs is 2. The van der Waals surface area contributed by atoms with Crippen LogP contribution in [0.4, 0.5) is 0 Å². The number of carbonyl (C=O) groups is 1. The molecule has 36 heavy (non-hydrogen) atoms. The molecule has 0 radical (unpaired) electrons. The molecule has 10 nitrogen and oxygen atoms in total. The topological polar surface area (TPSA) is 106 Å². The minimum Gasteiger partial charge on any atom is -0.497 e. The van der Waals surface area contributed by atoms with E-state index in [-0.39, 0.29) is 17.9 Å². The number of benzene rings is 2. The predicted molar refractivity (Wildman–Crippen MR) is 133 cm³/mol. The van der Waals surface area contributed by atoms with Crippen LogP contribution in [0.1, 0.15) is 40.9 Å². The number of carbonyl (C=O) groups excluding carboxylic acids is 1. The zero-order chi connectivity index (χ0) is 25.7. The Morgan fingerprint density at radius 2 is 1.75 bits per heavy atom. The number of ether oxygens (including phenoxy) is 2. The molecule has 1 aliphatic rings. The summed E-state index contributed by atoms with van der Waals surface area (Å²) < 4.78 is 15.8. The summed E-state index contributed by atoms with van der Waals surface area (Å²) in [6.07, 6.45) is 2.41. The van der Waals surface area contributed by atoms with Gasteiger partial charge in [0.05, 0.1) is 36.5 Å². The molecule has 0 saturated carbocycles. The molecule has 0 bridgehead atoms. The molecule has 186 valence electrons. The average Bonchev–Trinajstić information content (AvgIpc) is 3.38. The van der Waals surface area contributed by atoms with Gasteiger partial charge in [0.15, 0.2) is 0 Å².